The summed E-state index contributed by atoms with van der Waals surface area (Å²) in [5.41, 5.74) is 3.02. The Bertz CT molecular complexity index is 993. The van der Waals surface area contributed by atoms with E-state index < -0.39 is 0 Å². The summed E-state index contributed by atoms with van der Waals surface area (Å²) < 4.78 is 7.34. The SMILES string of the molecule is CCCN(CCC)C(=O)Cc1c(-c2ccc(Cl)cc2)nc2c(OC)cc(Cl)cn12. The number of fused-ring (bicyclic) bond motifs is 1. The van der Waals surface area contributed by atoms with Crippen molar-refractivity contribution in [2.75, 3.05) is 20.2 Å². The highest BCUT2D eigenvalue weighted by Gasteiger charge is 2.22. The second kappa shape index (κ2) is 9.51. The number of hydrogen-bond donors (Lipinski definition) is 0. The first-order chi connectivity index (χ1) is 14.0. The van der Waals surface area contributed by atoms with Gasteiger partial charge in [0.15, 0.2) is 11.4 Å². The normalized spacial score (nSPS) is 11.1. The number of imidazole rings is 1. The maximum absolute atomic E-state index is 13.1. The van der Waals surface area contributed by atoms with E-state index in [0.717, 1.165) is 42.9 Å². The molecule has 3 rings (SSSR count). The van der Waals surface area contributed by atoms with E-state index in [1.54, 1.807) is 19.4 Å². The van der Waals surface area contributed by atoms with Gasteiger partial charge in [0.05, 0.1) is 29.9 Å². The molecule has 0 aliphatic heterocycles. The highest BCUT2D eigenvalue weighted by atomic mass is 35.5. The maximum atomic E-state index is 13.1. The van der Waals surface area contributed by atoms with Crippen LogP contribution in [0.2, 0.25) is 10.0 Å². The molecule has 0 saturated carbocycles. The number of pyridine rings is 1. The third kappa shape index (κ3) is 4.68. The molecule has 7 heteroatoms. The first-order valence-electron chi connectivity index (χ1n) is 9.76. The van der Waals surface area contributed by atoms with E-state index in [4.69, 9.17) is 32.9 Å². The molecule has 154 valence electrons. The van der Waals surface area contributed by atoms with Gasteiger partial charge in [-0.1, -0.05) is 49.2 Å². The first kappa shape index (κ1) is 21.5. The minimum Gasteiger partial charge on any atom is -0.493 e. The average Bonchev–Trinajstić information content (AvgIpc) is 3.06. The molecular weight excluding hydrogens is 409 g/mol. The van der Waals surface area contributed by atoms with Gasteiger partial charge in [-0.15, -0.1) is 0 Å². The Morgan fingerprint density at radius 3 is 2.34 bits per heavy atom. The molecule has 2 aromatic heterocycles. The molecule has 2 heterocycles. The van der Waals surface area contributed by atoms with Crippen molar-refractivity contribution in [3.63, 3.8) is 0 Å². The topological polar surface area (TPSA) is 46.8 Å². The number of methoxy groups -OCH3 is 1. The fraction of sp³-hybridized carbons (Fsp3) is 0.364. The summed E-state index contributed by atoms with van der Waals surface area (Å²) in [5.74, 6) is 0.634. The fourth-order valence-corrected chi connectivity index (χ4v) is 3.77. The minimum absolute atomic E-state index is 0.0738. The molecule has 0 spiro atoms. The summed E-state index contributed by atoms with van der Waals surface area (Å²) in [6, 6.07) is 9.17. The molecule has 3 aromatic rings. The van der Waals surface area contributed by atoms with E-state index in [9.17, 15) is 4.79 Å². The molecule has 0 fully saturated rings. The summed E-state index contributed by atoms with van der Waals surface area (Å²) in [6.45, 7) is 5.63. The van der Waals surface area contributed by atoms with Crippen LogP contribution in [0.15, 0.2) is 36.5 Å². The largest absolute Gasteiger partial charge is 0.493 e. The van der Waals surface area contributed by atoms with Gasteiger partial charge in [-0.05, 0) is 25.0 Å². The maximum Gasteiger partial charge on any atom is 0.228 e. The Morgan fingerprint density at radius 2 is 1.76 bits per heavy atom. The van der Waals surface area contributed by atoms with Crippen LogP contribution in [-0.4, -0.2) is 40.4 Å². The molecule has 1 aromatic carbocycles. The molecule has 0 unspecified atom stereocenters. The third-order valence-electron chi connectivity index (χ3n) is 4.75. The lowest BCUT2D eigenvalue weighted by atomic mass is 10.1. The number of nitrogens with zero attached hydrogens (tertiary/aromatic N) is 3. The van der Waals surface area contributed by atoms with Gasteiger partial charge in [-0.3, -0.25) is 9.20 Å². The predicted molar refractivity (Wildman–Crippen MR) is 118 cm³/mol. The van der Waals surface area contributed by atoms with Gasteiger partial charge in [0.2, 0.25) is 5.91 Å². The molecule has 0 aliphatic carbocycles. The molecule has 0 aliphatic rings. The molecule has 0 N–H and O–H groups in total. The van der Waals surface area contributed by atoms with E-state index in [-0.39, 0.29) is 12.3 Å². The second-order valence-corrected chi connectivity index (χ2v) is 7.76. The van der Waals surface area contributed by atoms with Crippen LogP contribution in [0.4, 0.5) is 0 Å². The molecule has 5 nitrogen and oxygen atoms in total. The zero-order valence-corrected chi connectivity index (χ0v) is 18.4. The Hall–Kier alpha value is -2.24. The number of carbonyl (C=O) groups is 1. The lowest BCUT2D eigenvalue weighted by Gasteiger charge is -2.21. The number of amides is 1. The van der Waals surface area contributed by atoms with Gasteiger partial charge in [-0.25, -0.2) is 4.98 Å². The van der Waals surface area contributed by atoms with Gasteiger partial charge >= 0.3 is 0 Å². The van der Waals surface area contributed by atoms with Crippen LogP contribution < -0.4 is 4.74 Å². The van der Waals surface area contributed by atoms with Crippen molar-refractivity contribution in [3.8, 4) is 17.0 Å². The van der Waals surface area contributed by atoms with E-state index in [2.05, 4.69) is 13.8 Å². The van der Waals surface area contributed by atoms with Crippen LogP contribution in [0.5, 0.6) is 5.75 Å². The summed E-state index contributed by atoms with van der Waals surface area (Å²) in [4.78, 5) is 19.8. The quantitative estimate of drug-likeness (QED) is 0.470. The lowest BCUT2D eigenvalue weighted by Crippen LogP contribution is -2.34. The molecular formula is C22H25Cl2N3O2. The van der Waals surface area contributed by atoms with Crippen molar-refractivity contribution >= 4 is 34.8 Å². The van der Waals surface area contributed by atoms with Crippen LogP contribution >= 0.6 is 23.2 Å². The Balaban J connectivity index is 2.14. The molecule has 0 atom stereocenters. The fourth-order valence-electron chi connectivity index (χ4n) is 3.44. The second-order valence-electron chi connectivity index (χ2n) is 6.89. The highest BCUT2D eigenvalue weighted by molar-refractivity contribution is 6.31. The Labute approximate surface area is 181 Å². The van der Waals surface area contributed by atoms with Crippen molar-refractivity contribution in [2.45, 2.75) is 33.1 Å². The van der Waals surface area contributed by atoms with Gasteiger partial charge in [-0.2, -0.15) is 0 Å². The zero-order chi connectivity index (χ0) is 21.0. The summed E-state index contributed by atoms with van der Waals surface area (Å²) in [6.07, 6.45) is 3.84. The van der Waals surface area contributed by atoms with Gasteiger partial charge in [0, 0.05) is 35.9 Å². The summed E-state index contributed by atoms with van der Waals surface area (Å²) in [5, 5.41) is 1.16. The molecule has 0 radical (unpaired) electrons. The van der Waals surface area contributed by atoms with Gasteiger partial charge < -0.3 is 9.64 Å². The smallest absolute Gasteiger partial charge is 0.228 e. The first-order valence-corrected chi connectivity index (χ1v) is 10.5. The van der Waals surface area contributed by atoms with Crippen LogP contribution in [0.3, 0.4) is 0 Å². The number of ether oxygens (including phenoxy) is 1. The monoisotopic (exact) mass is 433 g/mol. The Kier molecular flexibility index (Phi) is 7.04. The number of carbonyl (C=O) groups excluding carboxylic acids is 1. The highest BCUT2D eigenvalue weighted by Crippen LogP contribution is 2.32. The number of benzene rings is 1. The minimum atomic E-state index is 0.0738. The van der Waals surface area contributed by atoms with E-state index >= 15 is 0 Å². The van der Waals surface area contributed by atoms with Crippen molar-refractivity contribution in [1.82, 2.24) is 14.3 Å². The summed E-state index contributed by atoms with van der Waals surface area (Å²) >= 11 is 12.4. The van der Waals surface area contributed by atoms with Crippen LogP contribution in [-0.2, 0) is 11.2 Å². The van der Waals surface area contributed by atoms with Crippen molar-refractivity contribution in [1.29, 1.82) is 0 Å². The van der Waals surface area contributed by atoms with Crippen molar-refractivity contribution in [2.24, 2.45) is 0 Å². The Morgan fingerprint density at radius 1 is 1.10 bits per heavy atom. The lowest BCUT2D eigenvalue weighted by molar-refractivity contribution is -0.130. The van der Waals surface area contributed by atoms with Crippen molar-refractivity contribution < 1.29 is 9.53 Å². The van der Waals surface area contributed by atoms with Crippen LogP contribution in [0, 0.1) is 0 Å². The van der Waals surface area contributed by atoms with E-state index in [1.807, 2.05) is 33.6 Å². The average molecular weight is 434 g/mol. The van der Waals surface area contributed by atoms with Crippen LogP contribution in [0.25, 0.3) is 16.9 Å². The van der Waals surface area contributed by atoms with E-state index in [0.29, 0.717) is 21.4 Å². The number of halogens is 2. The van der Waals surface area contributed by atoms with Gasteiger partial charge in [0.1, 0.15) is 0 Å². The third-order valence-corrected chi connectivity index (χ3v) is 5.21. The standard InChI is InChI=1S/C22H25Cl2N3O2/c1-4-10-26(11-5-2)20(28)13-18-21(15-6-8-16(23)9-7-15)25-22-19(29-3)12-17(24)14-27(18)22/h6-9,12,14H,4-5,10-11,13H2,1-3H3. The molecule has 1 amide bonds. The zero-order valence-electron chi connectivity index (χ0n) is 16.9. The van der Waals surface area contributed by atoms with E-state index in [1.165, 1.54) is 0 Å². The molecule has 0 bridgehead atoms. The van der Waals surface area contributed by atoms with Gasteiger partial charge in [0.25, 0.3) is 0 Å². The number of rotatable bonds is 8. The number of hydrogen-bond acceptors (Lipinski definition) is 3. The molecule has 29 heavy (non-hydrogen) atoms. The van der Waals surface area contributed by atoms with Crippen LogP contribution in [0.1, 0.15) is 32.4 Å². The number of aromatic nitrogens is 2. The molecule has 0 saturated heterocycles. The predicted octanol–water partition coefficient (Wildman–Crippen LogP) is 5.51. The van der Waals surface area contributed by atoms with Crippen molar-refractivity contribution in [3.05, 3.63) is 52.3 Å². The summed E-state index contributed by atoms with van der Waals surface area (Å²) in [7, 11) is 1.58.